The number of hydrogen-bond acceptors (Lipinski definition) is 5. The number of anilines is 1. The number of aromatic nitrogens is 3. The van der Waals surface area contributed by atoms with Crippen LogP contribution in [0.2, 0.25) is 5.02 Å². The lowest BCUT2D eigenvalue weighted by atomic mass is 10.2. The highest BCUT2D eigenvalue weighted by molar-refractivity contribution is 6.33. The van der Waals surface area contributed by atoms with E-state index in [0.717, 1.165) is 44.9 Å². The van der Waals surface area contributed by atoms with Gasteiger partial charge < -0.3 is 10.1 Å². The average Bonchev–Trinajstić information content (AvgIpc) is 3.11. The van der Waals surface area contributed by atoms with E-state index in [2.05, 4.69) is 20.5 Å². The van der Waals surface area contributed by atoms with E-state index in [-0.39, 0.29) is 5.91 Å². The lowest BCUT2D eigenvalue weighted by Gasteiger charge is -2.26. The van der Waals surface area contributed by atoms with Crippen LogP contribution in [-0.2, 0) is 11.3 Å². The molecule has 0 aliphatic carbocycles. The third kappa shape index (κ3) is 4.10. The molecule has 1 aliphatic rings. The Morgan fingerprint density at radius 2 is 1.96 bits per heavy atom. The molecule has 7 nitrogen and oxygen atoms in total. The Balaban J connectivity index is 1.46. The molecule has 0 spiro atoms. The maximum absolute atomic E-state index is 12.5. The quantitative estimate of drug-likeness (QED) is 0.731. The fraction of sp³-hybridized carbons (Fsp3) is 0.316. The number of rotatable bonds is 5. The van der Waals surface area contributed by atoms with E-state index < -0.39 is 0 Å². The number of para-hydroxylation sites is 1. The molecule has 4 rings (SSSR count). The van der Waals surface area contributed by atoms with Crippen molar-refractivity contribution in [3.63, 3.8) is 0 Å². The largest absolute Gasteiger partial charge is 0.379 e. The van der Waals surface area contributed by atoms with Crippen molar-refractivity contribution in [2.45, 2.75) is 6.54 Å². The van der Waals surface area contributed by atoms with Gasteiger partial charge in [-0.15, -0.1) is 5.10 Å². The van der Waals surface area contributed by atoms with Gasteiger partial charge in [-0.05, 0) is 30.3 Å². The summed E-state index contributed by atoms with van der Waals surface area (Å²) in [6.45, 7) is 5.10. The molecule has 2 heterocycles. The van der Waals surface area contributed by atoms with E-state index >= 15 is 0 Å². The maximum atomic E-state index is 12.5. The Labute approximate surface area is 161 Å². The van der Waals surface area contributed by atoms with Crippen molar-refractivity contribution >= 4 is 34.2 Å². The summed E-state index contributed by atoms with van der Waals surface area (Å²) in [4.78, 5) is 14.9. The second kappa shape index (κ2) is 8.04. The number of amides is 1. The van der Waals surface area contributed by atoms with Crippen molar-refractivity contribution in [1.82, 2.24) is 19.9 Å². The summed E-state index contributed by atoms with van der Waals surface area (Å²) < 4.78 is 7.25. The van der Waals surface area contributed by atoms with Crippen molar-refractivity contribution in [1.29, 1.82) is 0 Å². The fourth-order valence-electron chi connectivity index (χ4n) is 3.10. The minimum Gasteiger partial charge on any atom is -0.379 e. The molecule has 0 atom stereocenters. The molecule has 1 saturated heterocycles. The average molecular weight is 386 g/mol. The monoisotopic (exact) mass is 385 g/mol. The van der Waals surface area contributed by atoms with E-state index in [0.29, 0.717) is 21.8 Å². The van der Waals surface area contributed by atoms with Gasteiger partial charge in [0.25, 0.3) is 5.91 Å². The minimum atomic E-state index is -0.229. The molecule has 0 bridgehead atoms. The summed E-state index contributed by atoms with van der Waals surface area (Å²) in [5.41, 5.74) is 2.71. The third-order valence-corrected chi connectivity index (χ3v) is 4.96. The van der Waals surface area contributed by atoms with Crippen LogP contribution in [0.15, 0.2) is 42.5 Å². The molecular formula is C19H20ClN5O2. The van der Waals surface area contributed by atoms with Gasteiger partial charge in [-0.1, -0.05) is 28.9 Å². The molecule has 8 heteroatoms. The number of hydrogen-bond donors (Lipinski definition) is 1. The third-order valence-electron chi connectivity index (χ3n) is 4.63. The van der Waals surface area contributed by atoms with Crippen molar-refractivity contribution in [2.75, 3.05) is 38.2 Å². The first-order valence-corrected chi connectivity index (χ1v) is 9.28. The summed E-state index contributed by atoms with van der Waals surface area (Å²) in [5.74, 6) is -0.229. The first-order valence-electron chi connectivity index (χ1n) is 8.90. The van der Waals surface area contributed by atoms with Crippen molar-refractivity contribution in [2.24, 2.45) is 0 Å². The first-order chi connectivity index (χ1) is 13.2. The molecular weight excluding hydrogens is 366 g/mol. The van der Waals surface area contributed by atoms with E-state index in [1.54, 1.807) is 24.3 Å². The van der Waals surface area contributed by atoms with Crippen LogP contribution in [0.1, 0.15) is 10.4 Å². The molecule has 1 aromatic heterocycles. The van der Waals surface area contributed by atoms with Crippen molar-refractivity contribution in [3.8, 4) is 0 Å². The predicted molar refractivity (Wildman–Crippen MR) is 104 cm³/mol. The number of nitrogens with one attached hydrogen (secondary N) is 1. The summed E-state index contributed by atoms with van der Waals surface area (Å²) in [6.07, 6.45) is 0. The predicted octanol–water partition coefficient (Wildman–Crippen LogP) is 2.67. The topological polar surface area (TPSA) is 72.3 Å². The van der Waals surface area contributed by atoms with Crippen LogP contribution < -0.4 is 5.32 Å². The van der Waals surface area contributed by atoms with E-state index in [1.807, 2.05) is 22.9 Å². The normalized spacial score (nSPS) is 15.1. The smallest absolute Gasteiger partial charge is 0.255 e. The highest BCUT2D eigenvalue weighted by Gasteiger charge is 2.14. The van der Waals surface area contributed by atoms with Crippen LogP contribution in [-0.4, -0.2) is 58.6 Å². The Morgan fingerprint density at radius 1 is 1.15 bits per heavy atom. The fourth-order valence-corrected chi connectivity index (χ4v) is 3.28. The van der Waals surface area contributed by atoms with Crippen molar-refractivity contribution < 1.29 is 9.53 Å². The highest BCUT2D eigenvalue weighted by atomic mass is 35.5. The van der Waals surface area contributed by atoms with Gasteiger partial charge in [-0.2, -0.15) is 0 Å². The standard InChI is InChI=1S/C19H20ClN5O2/c20-15-3-1-2-4-16(15)21-19(26)14-5-6-18-17(13-14)22-23-25(18)8-7-24-9-11-27-12-10-24/h1-6,13H,7-12H2,(H,21,26). The van der Waals surface area contributed by atoms with Gasteiger partial charge in [-0.3, -0.25) is 9.69 Å². The Kier molecular flexibility index (Phi) is 5.33. The molecule has 140 valence electrons. The lowest BCUT2D eigenvalue weighted by molar-refractivity contribution is 0.0360. The second-order valence-electron chi connectivity index (χ2n) is 6.40. The SMILES string of the molecule is O=C(Nc1ccccc1Cl)c1ccc2c(c1)nnn2CCN1CCOCC1. The van der Waals surface area contributed by atoms with Gasteiger partial charge in [0, 0.05) is 25.2 Å². The van der Waals surface area contributed by atoms with E-state index in [1.165, 1.54) is 0 Å². The second-order valence-corrected chi connectivity index (χ2v) is 6.81. The molecule has 1 N–H and O–H groups in total. The number of halogens is 1. The molecule has 1 fully saturated rings. The number of nitrogens with zero attached hydrogens (tertiary/aromatic N) is 4. The van der Waals surface area contributed by atoms with E-state index in [9.17, 15) is 4.79 Å². The van der Waals surface area contributed by atoms with Gasteiger partial charge in [0.1, 0.15) is 5.52 Å². The first kappa shape index (κ1) is 17.9. The molecule has 1 aliphatic heterocycles. The van der Waals surface area contributed by atoms with Gasteiger partial charge in [0.05, 0.1) is 36.0 Å². The van der Waals surface area contributed by atoms with Crippen LogP contribution >= 0.6 is 11.6 Å². The van der Waals surface area contributed by atoms with Crippen LogP contribution in [0.25, 0.3) is 11.0 Å². The summed E-state index contributed by atoms with van der Waals surface area (Å²) >= 11 is 6.10. The zero-order valence-corrected chi connectivity index (χ0v) is 15.5. The number of benzene rings is 2. The Morgan fingerprint density at radius 3 is 2.78 bits per heavy atom. The molecule has 0 radical (unpaired) electrons. The highest BCUT2D eigenvalue weighted by Crippen LogP contribution is 2.22. The van der Waals surface area contributed by atoms with Crippen molar-refractivity contribution in [3.05, 3.63) is 53.1 Å². The number of fused-ring (bicyclic) bond motifs is 1. The van der Waals surface area contributed by atoms with Crippen LogP contribution in [0.3, 0.4) is 0 Å². The molecule has 27 heavy (non-hydrogen) atoms. The number of carbonyl (C=O) groups is 1. The maximum Gasteiger partial charge on any atom is 0.255 e. The lowest BCUT2D eigenvalue weighted by Crippen LogP contribution is -2.38. The Hall–Kier alpha value is -2.48. The van der Waals surface area contributed by atoms with Gasteiger partial charge in [-0.25, -0.2) is 4.68 Å². The van der Waals surface area contributed by atoms with Crippen LogP contribution in [0.5, 0.6) is 0 Å². The number of morpholine rings is 1. The zero-order chi connectivity index (χ0) is 18.6. The van der Waals surface area contributed by atoms with Crippen LogP contribution in [0, 0.1) is 0 Å². The summed E-state index contributed by atoms with van der Waals surface area (Å²) in [5, 5.41) is 11.8. The van der Waals surface area contributed by atoms with E-state index in [4.69, 9.17) is 16.3 Å². The Bertz CT molecular complexity index is 952. The molecule has 0 saturated carbocycles. The molecule has 0 unspecified atom stereocenters. The van der Waals surface area contributed by atoms with Crippen LogP contribution in [0.4, 0.5) is 5.69 Å². The van der Waals surface area contributed by atoms with Gasteiger partial charge in [0.2, 0.25) is 0 Å². The summed E-state index contributed by atoms with van der Waals surface area (Å²) in [7, 11) is 0. The molecule has 2 aromatic carbocycles. The molecule has 3 aromatic rings. The minimum absolute atomic E-state index is 0.229. The molecule has 1 amide bonds. The zero-order valence-electron chi connectivity index (χ0n) is 14.8. The number of ether oxygens (including phenoxy) is 1. The number of carbonyl (C=O) groups excluding carboxylic acids is 1. The summed E-state index contributed by atoms with van der Waals surface area (Å²) in [6, 6.07) is 12.6. The van der Waals surface area contributed by atoms with Gasteiger partial charge in [0.15, 0.2) is 0 Å². The van der Waals surface area contributed by atoms with Gasteiger partial charge >= 0.3 is 0 Å².